The second kappa shape index (κ2) is 6.55. The zero-order valence-electron chi connectivity index (χ0n) is 13.0. The third-order valence-electron chi connectivity index (χ3n) is 5.89. The third-order valence-corrected chi connectivity index (χ3v) is 5.89. The lowest BCUT2D eigenvalue weighted by atomic mass is 9.75. The fraction of sp³-hybridized carbons (Fsp3) is 1.00. The fourth-order valence-corrected chi connectivity index (χ4v) is 4.29. The van der Waals surface area contributed by atoms with E-state index in [0.717, 1.165) is 18.5 Å². The van der Waals surface area contributed by atoms with Gasteiger partial charge in [-0.3, -0.25) is 4.90 Å². The van der Waals surface area contributed by atoms with Gasteiger partial charge in [-0.1, -0.05) is 19.8 Å². The number of likely N-dealkylation sites (N-methyl/N-ethyl adjacent to an activating group) is 1. The van der Waals surface area contributed by atoms with Crippen molar-refractivity contribution in [3.63, 3.8) is 0 Å². The summed E-state index contributed by atoms with van der Waals surface area (Å²) in [6, 6.07) is 0.733. The van der Waals surface area contributed by atoms with E-state index in [4.69, 9.17) is 10.5 Å². The van der Waals surface area contributed by atoms with Gasteiger partial charge in [0.05, 0.1) is 6.10 Å². The molecule has 2 atom stereocenters. The molecule has 0 spiro atoms. The minimum Gasteiger partial charge on any atom is -0.381 e. The summed E-state index contributed by atoms with van der Waals surface area (Å²) in [6.07, 6.45) is 10.7. The number of rotatable bonds is 4. The van der Waals surface area contributed by atoms with Crippen molar-refractivity contribution >= 4 is 0 Å². The van der Waals surface area contributed by atoms with Gasteiger partial charge in [0.2, 0.25) is 0 Å². The van der Waals surface area contributed by atoms with Crippen molar-refractivity contribution in [2.24, 2.45) is 11.7 Å². The van der Waals surface area contributed by atoms with Crippen LogP contribution in [0.1, 0.15) is 58.3 Å². The van der Waals surface area contributed by atoms with Crippen LogP contribution in [0.3, 0.4) is 0 Å². The Balaban J connectivity index is 2.03. The molecule has 2 aliphatic carbocycles. The van der Waals surface area contributed by atoms with E-state index < -0.39 is 0 Å². The highest BCUT2D eigenvalue weighted by molar-refractivity contribution is 4.98. The second-order valence-corrected chi connectivity index (χ2v) is 6.80. The van der Waals surface area contributed by atoms with Gasteiger partial charge >= 0.3 is 0 Å². The van der Waals surface area contributed by atoms with Crippen LogP contribution >= 0.6 is 0 Å². The van der Waals surface area contributed by atoms with Crippen molar-refractivity contribution in [1.82, 2.24) is 4.90 Å². The van der Waals surface area contributed by atoms with E-state index in [1.807, 2.05) is 7.11 Å². The Hall–Kier alpha value is -0.120. The summed E-state index contributed by atoms with van der Waals surface area (Å²) >= 11 is 0. The van der Waals surface area contributed by atoms with Crippen LogP contribution in [-0.4, -0.2) is 43.3 Å². The van der Waals surface area contributed by atoms with Crippen molar-refractivity contribution in [3.8, 4) is 0 Å². The molecule has 2 unspecified atom stereocenters. The molecular formula is C16H32N2O. The van der Waals surface area contributed by atoms with E-state index in [2.05, 4.69) is 18.9 Å². The molecule has 0 aromatic rings. The number of ether oxygens (including phenoxy) is 1. The van der Waals surface area contributed by atoms with Gasteiger partial charge in [-0.05, 0) is 51.5 Å². The first-order valence-corrected chi connectivity index (χ1v) is 8.09. The van der Waals surface area contributed by atoms with Gasteiger partial charge in [-0.25, -0.2) is 0 Å². The predicted molar refractivity (Wildman–Crippen MR) is 80.2 cm³/mol. The first-order valence-electron chi connectivity index (χ1n) is 8.09. The van der Waals surface area contributed by atoms with Gasteiger partial charge in [-0.2, -0.15) is 0 Å². The molecule has 0 aromatic heterocycles. The first kappa shape index (κ1) is 15.3. The Bertz CT molecular complexity index is 274. The summed E-state index contributed by atoms with van der Waals surface area (Å²) in [5, 5.41) is 0. The lowest BCUT2D eigenvalue weighted by Gasteiger charge is -2.51. The molecule has 2 N–H and O–H groups in total. The predicted octanol–water partition coefficient (Wildman–Crippen LogP) is 2.78. The van der Waals surface area contributed by atoms with Gasteiger partial charge in [0.15, 0.2) is 0 Å². The lowest BCUT2D eigenvalue weighted by Crippen LogP contribution is -2.59. The van der Waals surface area contributed by atoms with Gasteiger partial charge in [0.25, 0.3) is 0 Å². The summed E-state index contributed by atoms with van der Waals surface area (Å²) in [5.74, 6) is 0.822. The maximum absolute atomic E-state index is 6.20. The minimum absolute atomic E-state index is 0.227. The topological polar surface area (TPSA) is 38.5 Å². The molecule has 0 aliphatic heterocycles. The summed E-state index contributed by atoms with van der Waals surface area (Å²) < 4.78 is 5.52. The normalized spacial score (nSPS) is 40.6. The Morgan fingerprint density at radius 1 is 1.16 bits per heavy atom. The Labute approximate surface area is 118 Å². The number of nitrogens with zero attached hydrogens (tertiary/aromatic N) is 1. The van der Waals surface area contributed by atoms with Crippen LogP contribution in [0.5, 0.6) is 0 Å². The van der Waals surface area contributed by atoms with Crippen molar-refractivity contribution in [2.75, 3.05) is 20.7 Å². The number of nitrogens with two attached hydrogens (primary N) is 1. The largest absolute Gasteiger partial charge is 0.381 e. The van der Waals surface area contributed by atoms with E-state index in [-0.39, 0.29) is 5.54 Å². The molecule has 3 nitrogen and oxygen atoms in total. The van der Waals surface area contributed by atoms with Gasteiger partial charge in [0.1, 0.15) is 0 Å². The van der Waals surface area contributed by atoms with Crippen LogP contribution in [0.15, 0.2) is 0 Å². The van der Waals surface area contributed by atoms with Crippen molar-refractivity contribution < 1.29 is 4.74 Å². The SMILES string of the molecule is COC1CCC(CN)(N(C)C2CCCCC2C)CC1. The van der Waals surface area contributed by atoms with Crippen LogP contribution in [0.25, 0.3) is 0 Å². The molecule has 3 heteroatoms. The number of methoxy groups -OCH3 is 1. The summed E-state index contributed by atoms with van der Waals surface area (Å²) in [7, 11) is 4.17. The Morgan fingerprint density at radius 3 is 2.32 bits per heavy atom. The van der Waals surface area contributed by atoms with Gasteiger partial charge in [0, 0.05) is 25.2 Å². The molecule has 0 amide bonds. The van der Waals surface area contributed by atoms with Crippen LogP contribution in [0.4, 0.5) is 0 Å². The quantitative estimate of drug-likeness (QED) is 0.852. The average molecular weight is 268 g/mol. The minimum atomic E-state index is 0.227. The van der Waals surface area contributed by atoms with Crippen molar-refractivity contribution in [3.05, 3.63) is 0 Å². The van der Waals surface area contributed by atoms with Crippen molar-refractivity contribution in [2.45, 2.75) is 76.0 Å². The Morgan fingerprint density at radius 2 is 1.79 bits per heavy atom. The molecule has 0 heterocycles. The van der Waals surface area contributed by atoms with E-state index in [0.29, 0.717) is 6.10 Å². The maximum Gasteiger partial charge on any atom is 0.0572 e. The molecule has 0 saturated heterocycles. The molecule has 19 heavy (non-hydrogen) atoms. The van der Waals surface area contributed by atoms with E-state index in [1.165, 1.54) is 51.4 Å². The highest BCUT2D eigenvalue weighted by Gasteiger charge is 2.41. The summed E-state index contributed by atoms with van der Waals surface area (Å²) in [6.45, 7) is 3.22. The molecule has 112 valence electrons. The van der Waals surface area contributed by atoms with Gasteiger partial charge in [-0.15, -0.1) is 0 Å². The summed E-state index contributed by atoms with van der Waals surface area (Å²) in [5.41, 5.74) is 6.42. The lowest BCUT2D eigenvalue weighted by molar-refractivity contribution is -0.0303. The molecule has 0 bridgehead atoms. The van der Waals surface area contributed by atoms with Crippen LogP contribution in [0, 0.1) is 5.92 Å². The maximum atomic E-state index is 6.20. The molecule has 0 aromatic carbocycles. The third kappa shape index (κ3) is 3.14. The average Bonchev–Trinajstić information content (AvgIpc) is 2.47. The smallest absolute Gasteiger partial charge is 0.0572 e. The number of hydrogen-bond donors (Lipinski definition) is 1. The highest BCUT2D eigenvalue weighted by Crippen LogP contribution is 2.38. The molecule has 2 rings (SSSR count). The monoisotopic (exact) mass is 268 g/mol. The fourth-order valence-electron chi connectivity index (χ4n) is 4.29. The van der Waals surface area contributed by atoms with Crippen molar-refractivity contribution in [1.29, 1.82) is 0 Å². The second-order valence-electron chi connectivity index (χ2n) is 6.80. The first-order chi connectivity index (χ1) is 9.13. The zero-order valence-corrected chi connectivity index (χ0v) is 13.0. The van der Waals surface area contributed by atoms with E-state index in [9.17, 15) is 0 Å². The summed E-state index contributed by atoms with van der Waals surface area (Å²) in [4.78, 5) is 2.66. The molecule has 2 fully saturated rings. The standard InChI is InChI=1S/C16H32N2O/c1-13-6-4-5-7-15(13)18(2)16(12-17)10-8-14(19-3)9-11-16/h13-15H,4-12,17H2,1-3H3. The van der Waals surface area contributed by atoms with Crippen LogP contribution in [-0.2, 0) is 4.74 Å². The molecule has 2 aliphatic rings. The van der Waals surface area contributed by atoms with Gasteiger partial charge < -0.3 is 10.5 Å². The van der Waals surface area contributed by atoms with E-state index >= 15 is 0 Å². The molecule has 0 radical (unpaired) electrons. The number of hydrogen-bond acceptors (Lipinski definition) is 3. The highest BCUT2D eigenvalue weighted by atomic mass is 16.5. The molecule has 2 saturated carbocycles. The van der Waals surface area contributed by atoms with Crippen LogP contribution < -0.4 is 5.73 Å². The molecular weight excluding hydrogens is 236 g/mol. The zero-order chi connectivity index (χ0) is 13.9. The van der Waals surface area contributed by atoms with E-state index in [1.54, 1.807) is 0 Å². The van der Waals surface area contributed by atoms with Crippen LogP contribution in [0.2, 0.25) is 0 Å². The Kier molecular flexibility index (Phi) is 5.27.